The van der Waals surface area contributed by atoms with Crippen molar-refractivity contribution in [1.82, 2.24) is 4.72 Å². The molecule has 0 spiro atoms. The molecule has 0 fully saturated rings. The second kappa shape index (κ2) is 6.13. The predicted octanol–water partition coefficient (Wildman–Crippen LogP) is 1.22. The van der Waals surface area contributed by atoms with E-state index in [1.807, 2.05) is 0 Å². The van der Waals surface area contributed by atoms with Crippen molar-refractivity contribution in [2.75, 3.05) is 7.11 Å². The second-order valence-electron chi connectivity index (χ2n) is 5.48. The number of carbonyl (C=O) groups excluding carboxylic acids is 1. The fraction of sp³-hybridized carbons (Fsp3) is 0.500. The first-order valence-electron chi connectivity index (χ1n) is 6.42. The van der Waals surface area contributed by atoms with Gasteiger partial charge in [0.05, 0.1) is 29.2 Å². The maximum absolute atomic E-state index is 12.5. The number of aliphatic hydroxyl groups is 1. The van der Waals surface area contributed by atoms with Crippen LogP contribution in [0.15, 0.2) is 23.1 Å². The number of methoxy groups -OCH3 is 1. The van der Waals surface area contributed by atoms with Crippen LogP contribution in [0.1, 0.15) is 36.7 Å². The summed E-state index contributed by atoms with van der Waals surface area (Å²) in [7, 11) is -2.65. The second-order valence-corrected chi connectivity index (χ2v) is 7.13. The highest BCUT2D eigenvalue weighted by atomic mass is 32.2. The number of hydrogen-bond acceptors (Lipinski definition) is 5. The fourth-order valence-corrected chi connectivity index (χ4v) is 3.37. The zero-order chi connectivity index (χ0) is 16.4. The third-order valence-electron chi connectivity index (χ3n) is 3.34. The van der Waals surface area contributed by atoms with Crippen molar-refractivity contribution in [3.05, 3.63) is 29.3 Å². The number of ether oxygens (including phenoxy) is 1. The van der Waals surface area contributed by atoms with Gasteiger partial charge in [0, 0.05) is 0 Å². The van der Waals surface area contributed by atoms with Crippen molar-refractivity contribution in [3.63, 3.8) is 0 Å². The topological polar surface area (TPSA) is 92.7 Å². The van der Waals surface area contributed by atoms with Crippen molar-refractivity contribution < 1.29 is 23.1 Å². The van der Waals surface area contributed by atoms with Crippen molar-refractivity contribution in [2.24, 2.45) is 0 Å². The monoisotopic (exact) mass is 315 g/mol. The van der Waals surface area contributed by atoms with Crippen molar-refractivity contribution in [1.29, 1.82) is 0 Å². The predicted molar refractivity (Wildman–Crippen MR) is 78.6 cm³/mol. The van der Waals surface area contributed by atoms with E-state index in [0.717, 1.165) is 0 Å². The Labute approximate surface area is 125 Å². The first-order chi connectivity index (χ1) is 9.51. The molecule has 21 heavy (non-hydrogen) atoms. The van der Waals surface area contributed by atoms with E-state index in [0.29, 0.717) is 5.56 Å². The molecule has 0 aromatic heterocycles. The van der Waals surface area contributed by atoms with Gasteiger partial charge in [0.25, 0.3) is 0 Å². The summed E-state index contributed by atoms with van der Waals surface area (Å²) >= 11 is 0. The SMILES string of the molecule is COC(=O)c1ccc(C)c(S(=O)(=O)NC(C)(C)C(C)O)c1. The van der Waals surface area contributed by atoms with E-state index in [9.17, 15) is 18.3 Å². The van der Waals surface area contributed by atoms with Gasteiger partial charge in [0.15, 0.2) is 0 Å². The molecular formula is C14H21NO5S. The number of nitrogens with one attached hydrogen (secondary N) is 1. The highest BCUT2D eigenvalue weighted by Gasteiger charge is 2.31. The number of carbonyl (C=O) groups is 1. The molecule has 0 radical (unpaired) electrons. The van der Waals surface area contributed by atoms with Gasteiger partial charge < -0.3 is 9.84 Å². The summed E-state index contributed by atoms with van der Waals surface area (Å²) in [6.07, 6.45) is -0.878. The molecular weight excluding hydrogens is 294 g/mol. The van der Waals surface area contributed by atoms with Gasteiger partial charge in [0.2, 0.25) is 10.0 Å². The summed E-state index contributed by atoms with van der Waals surface area (Å²) in [4.78, 5) is 11.5. The average molecular weight is 315 g/mol. The normalized spacial score (nSPS) is 13.8. The molecule has 1 rings (SSSR count). The summed E-state index contributed by atoms with van der Waals surface area (Å²) in [5.74, 6) is -0.610. The van der Waals surface area contributed by atoms with E-state index < -0.39 is 27.6 Å². The zero-order valence-corrected chi connectivity index (χ0v) is 13.6. The summed E-state index contributed by atoms with van der Waals surface area (Å²) in [5.41, 5.74) is -0.387. The molecule has 1 aromatic carbocycles. The molecule has 0 saturated carbocycles. The van der Waals surface area contributed by atoms with Crippen LogP contribution in [0.3, 0.4) is 0 Å². The molecule has 1 aromatic rings. The maximum Gasteiger partial charge on any atom is 0.337 e. The minimum absolute atomic E-state index is 0.0147. The van der Waals surface area contributed by atoms with Crippen LogP contribution in [0.5, 0.6) is 0 Å². The van der Waals surface area contributed by atoms with Crippen LogP contribution in [0.25, 0.3) is 0 Å². The number of benzene rings is 1. The lowest BCUT2D eigenvalue weighted by Gasteiger charge is -2.29. The number of aryl methyl sites for hydroxylation is 1. The highest BCUT2D eigenvalue weighted by Crippen LogP contribution is 2.21. The zero-order valence-electron chi connectivity index (χ0n) is 12.8. The van der Waals surface area contributed by atoms with Gasteiger partial charge >= 0.3 is 5.97 Å². The molecule has 7 heteroatoms. The molecule has 2 N–H and O–H groups in total. The Morgan fingerprint density at radius 2 is 1.95 bits per heavy atom. The quantitative estimate of drug-likeness (QED) is 0.797. The minimum atomic E-state index is -3.88. The average Bonchev–Trinajstić information content (AvgIpc) is 2.36. The highest BCUT2D eigenvalue weighted by molar-refractivity contribution is 7.89. The Bertz CT molecular complexity index is 635. The molecule has 0 saturated heterocycles. The number of aliphatic hydroxyl groups excluding tert-OH is 1. The van der Waals surface area contributed by atoms with Crippen LogP contribution in [0.4, 0.5) is 0 Å². The molecule has 1 atom stereocenters. The van der Waals surface area contributed by atoms with Crippen LogP contribution in [0.2, 0.25) is 0 Å². The first-order valence-corrected chi connectivity index (χ1v) is 7.90. The van der Waals surface area contributed by atoms with Gasteiger partial charge in [-0.2, -0.15) is 0 Å². The number of esters is 1. The van der Waals surface area contributed by atoms with E-state index >= 15 is 0 Å². The van der Waals surface area contributed by atoms with Gasteiger partial charge in [-0.05, 0) is 45.4 Å². The van der Waals surface area contributed by atoms with Crippen LogP contribution in [0, 0.1) is 6.92 Å². The summed E-state index contributed by atoms with van der Waals surface area (Å²) in [6.45, 7) is 6.29. The third kappa shape index (κ3) is 4.03. The van der Waals surface area contributed by atoms with Gasteiger partial charge in [-0.15, -0.1) is 0 Å². The lowest BCUT2D eigenvalue weighted by atomic mass is 10.0. The van der Waals surface area contributed by atoms with E-state index in [1.165, 1.54) is 32.2 Å². The number of rotatable bonds is 5. The summed E-state index contributed by atoms with van der Waals surface area (Å²) in [5, 5.41) is 9.64. The fourth-order valence-electron chi connectivity index (χ4n) is 1.62. The minimum Gasteiger partial charge on any atom is -0.465 e. The van der Waals surface area contributed by atoms with Gasteiger partial charge in [-0.25, -0.2) is 17.9 Å². The van der Waals surface area contributed by atoms with Crippen molar-refractivity contribution >= 4 is 16.0 Å². The molecule has 1 unspecified atom stereocenters. The van der Waals surface area contributed by atoms with Crippen molar-refractivity contribution in [2.45, 2.75) is 44.2 Å². The summed E-state index contributed by atoms with van der Waals surface area (Å²) in [6, 6.07) is 4.30. The molecule has 6 nitrogen and oxygen atoms in total. The summed E-state index contributed by atoms with van der Waals surface area (Å²) < 4.78 is 32.0. The van der Waals surface area contributed by atoms with Crippen LogP contribution in [-0.4, -0.2) is 38.2 Å². The standard InChI is InChI=1S/C14H21NO5S/c1-9-6-7-11(13(17)20-5)8-12(9)21(18,19)15-14(3,4)10(2)16/h6-8,10,15-16H,1-5H3. The third-order valence-corrected chi connectivity index (χ3v) is 5.15. The van der Waals surface area contributed by atoms with E-state index in [1.54, 1.807) is 20.8 Å². The van der Waals surface area contributed by atoms with Crippen LogP contribution in [-0.2, 0) is 14.8 Å². The maximum atomic E-state index is 12.5. The molecule has 0 amide bonds. The van der Waals surface area contributed by atoms with E-state index in [2.05, 4.69) is 9.46 Å². The van der Waals surface area contributed by atoms with Crippen molar-refractivity contribution in [3.8, 4) is 0 Å². The Kier molecular flexibility index (Phi) is 5.14. The largest absolute Gasteiger partial charge is 0.465 e. The lowest BCUT2D eigenvalue weighted by molar-refractivity contribution is 0.0600. The van der Waals surface area contributed by atoms with Gasteiger partial charge in [0.1, 0.15) is 0 Å². The Morgan fingerprint density at radius 3 is 2.43 bits per heavy atom. The smallest absolute Gasteiger partial charge is 0.337 e. The number of hydrogen-bond donors (Lipinski definition) is 2. The van der Waals surface area contributed by atoms with Crippen LogP contribution >= 0.6 is 0 Å². The molecule has 0 aliphatic heterocycles. The Balaban J connectivity index is 3.28. The van der Waals surface area contributed by atoms with Gasteiger partial charge in [-0.3, -0.25) is 0 Å². The van der Waals surface area contributed by atoms with E-state index in [4.69, 9.17) is 0 Å². The molecule has 0 heterocycles. The molecule has 118 valence electrons. The molecule has 0 aliphatic carbocycles. The Morgan fingerprint density at radius 1 is 1.38 bits per heavy atom. The van der Waals surface area contributed by atoms with Crippen LogP contribution < -0.4 is 4.72 Å². The Hall–Kier alpha value is -1.44. The number of sulfonamides is 1. The van der Waals surface area contributed by atoms with Gasteiger partial charge in [-0.1, -0.05) is 6.07 Å². The first kappa shape index (κ1) is 17.6. The molecule has 0 aliphatic rings. The molecule has 0 bridgehead atoms. The lowest BCUT2D eigenvalue weighted by Crippen LogP contribution is -2.50. The van der Waals surface area contributed by atoms with E-state index in [-0.39, 0.29) is 10.5 Å².